The first kappa shape index (κ1) is 26.5. The average molecular weight is 509 g/mol. The molecular weight excluding hydrogens is 472 g/mol. The van der Waals surface area contributed by atoms with Gasteiger partial charge in [0, 0.05) is 42.4 Å². The number of amides is 4. The molecule has 3 N–H and O–H groups in total. The van der Waals surface area contributed by atoms with Gasteiger partial charge in [0.2, 0.25) is 11.8 Å². The standard InChI is InChI=1S/C28H36N4O5/c1-18-15-32(19(2)17-33)26(34)14-21-13-23(29-27(35)20-9-10-20)11-12-24(21)37-25(18)16-31(3)28(36)30-22-7-5-4-6-8-22/h4-8,11-13,18-20,25,33H,9-10,14-17H2,1-3H3,(H,29,35)(H,30,36)/t18-,19-,25-/m0/s1. The Labute approximate surface area is 217 Å². The highest BCUT2D eigenvalue weighted by molar-refractivity contribution is 5.94. The van der Waals surface area contributed by atoms with Crippen molar-refractivity contribution < 1.29 is 24.2 Å². The smallest absolute Gasteiger partial charge is 0.321 e. The zero-order valence-electron chi connectivity index (χ0n) is 21.6. The molecule has 2 aliphatic rings. The van der Waals surface area contributed by atoms with E-state index in [1.165, 1.54) is 0 Å². The molecule has 3 atom stereocenters. The zero-order chi connectivity index (χ0) is 26.5. The van der Waals surface area contributed by atoms with E-state index in [-0.39, 0.29) is 55.3 Å². The summed E-state index contributed by atoms with van der Waals surface area (Å²) in [4.78, 5) is 41.7. The number of para-hydroxylation sites is 1. The SMILES string of the molecule is C[C@H]1CN([C@@H](C)CO)C(=O)Cc2cc(NC(=O)C3CC3)ccc2O[C@H]1CN(C)C(=O)Nc1ccccc1. The molecule has 0 bridgehead atoms. The minimum absolute atomic E-state index is 0.0108. The predicted octanol–water partition coefficient (Wildman–Crippen LogP) is 3.35. The van der Waals surface area contributed by atoms with Gasteiger partial charge in [-0.05, 0) is 50.1 Å². The molecule has 1 aliphatic carbocycles. The minimum Gasteiger partial charge on any atom is -0.488 e. The first-order valence-corrected chi connectivity index (χ1v) is 12.8. The van der Waals surface area contributed by atoms with E-state index in [4.69, 9.17) is 4.74 Å². The molecule has 1 aliphatic heterocycles. The molecule has 1 heterocycles. The Kier molecular flexibility index (Phi) is 8.33. The molecule has 37 heavy (non-hydrogen) atoms. The van der Waals surface area contributed by atoms with Crippen LogP contribution in [0.4, 0.5) is 16.2 Å². The van der Waals surface area contributed by atoms with E-state index in [0.29, 0.717) is 29.2 Å². The first-order chi connectivity index (χ1) is 17.7. The van der Waals surface area contributed by atoms with Crippen molar-refractivity contribution in [2.45, 2.75) is 45.3 Å². The van der Waals surface area contributed by atoms with Crippen LogP contribution in [0, 0.1) is 11.8 Å². The van der Waals surface area contributed by atoms with E-state index in [1.54, 1.807) is 35.0 Å². The van der Waals surface area contributed by atoms with Crippen LogP contribution in [0.3, 0.4) is 0 Å². The topological polar surface area (TPSA) is 111 Å². The van der Waals surface area contributed by atoms with Gasteiger partial charge in [-0.15, -0.1) is 0 Å². The van der Waals surface area contributed by atoms with Crippen LogP contribution in [0.2, 0.25) is 0 Å². The molecule has 198 valence electrons. The van der Waals surface area contributed by atoms with Gasteiger partial charge in [0.15, 0.2) is 0 Å². The maximum absolute atomic E-state index is 13.3. The van der Waals surface area contributed by atoms with Crippen LogP contribution in [-0.2, 0) is 16.0 Å². The Morgan fingerprint density at radius 1 is 1.14 bits per heavy atom. The van der Waals surface area contributed by atoms with Crippen molar-refractivity contribution in [3.8, 4) is 5.75 Å². The number of hydrogen-bond acceptors (Lipinski definition) is 5. The second-order valence-corrected chi connectivity index (χ2v) is 10.2. The van der Waals surface area contributed by atoms with Crippen molar-refractivity contribution in [1.82, 2.24) is 9.80 Å². The number of fused-ring (bicyclic) bond motifs is 1. The number of likely N-dealkylation sites (N-methyl/N-ethyl adjacent to an activating group) is 1. The predicted molar refractivity (Wildman–Crippen MR) is 141 cm³/mol. The number of rotatable bonds is 7. The number of nitrogens with one attached hydrogen (secondary N) is 2. The Morgan fingerprint density at radius 3 is 2.54 bits per heavy atom. The summed E-state index contributed by atoms with van der Waals surface area (Å²) in [6.07, 6.45) is 1.46. The van der Waals surface area contributed by atoms with Crippen LogP contribution in [0.15, 0.2) is 48.5 Å². The molecule has 0 spiro atoms. The van der Waals surface area contributed by atoms with Gasteiger partial charge in [-0.1, -0.05) is 25.1 Å². The summed E-state index contributed by atoms with van der Waals surface area (Å²) in [7, 11) is 1.71. The number of carbonyl (C=O) groups is 3. The number of nitrogens with zero attached hydrogens (tertiary/aromatic N) is 2. The van der Waals surface area contributed by atoms with Gasteiger partial charge in [-0.3, -0.25) is 9.59 Å². The summed E-state index contributed by atoms with van der Waals surface area (Å²) >= 11 is 0. The number of carbonyl (C=O) groups excluding carboxylic acids is 3. The summed E-state index contributed by atoms with van der Waals surface area (Å²) in [5.41, 5.74) is 1.98. The van der Waals surface area contributed by atoms with E-state index < -0.39 is 6.10 Å². The van der Waals surface area contributed by atoms with Gasteiger partial charge in [0.1, 0.15) is 11.9 Å². The number of ether oxygens (including phenoxy) is 1. The van der Waals surface area contributed by atoms with Gasteiger partial charge in [-0.25, -0.2) is 4.79 Å². The first-order valence-electron chi connectivity index (χ1n) is 12.8. The van der Waals surface area contributed by atoms with E-state index in [2.05, 4.69) is 10.6 Å². The molecule has 4 rings (SSSR count). The van der Waals surface area contributed by atoms with Gasteiger partial charge in [0.05, 0.1) is 25.6 Å². The molecule has 0 saturated heterocycles. The van der Waals surface area contributed by atoms with Gasteiger partial charge in [0.25, 0.3) is 0 Å². The molecule has 9 nitrogen and oxygen atoms in total. The molecule has 1 saturated carbocycles. The maximum Gasteiger partial charge on any atom is 0.321 e. The lowest BCUT2D eigenvalue weighted by Crippen LogP contribution is -2.48. The largest absolute Gasteiger partial charge is 0.488 e. The van der Waals surface area contributed by atoms with Crippen LogP contribution in [-0.4, -0.2) is 71.6 Å². The monoisotopic (exact) mass is 508 g/mol. The van der Waals surface area contributed by atoms with E-state index >= 15 is 0 Å². The zero-order valence-corrected chi connectivity index (χ0v) is 21.6. The highest BCUT2D eigenvalue weighted by Gasteiger charge is 2.33. The van der Waals surface area contributed by atoms with E-state index in [9.17, 15) is 19.5 Å². The van der Waals surface area contributed by atoms with Crippen molar-refractivity contribution in [2.24, 2.45) is 11.8 Å². The second kappa shape index (κ2) is 11.6. The molecule has 0 unspecified atom stereocenters. The quantitative estimate of drug-likeness (QED) is 0.531. The summed E-state index contributed by atoms with van der Waals surface area (Å²) in [6, 6.07) is 13.9. The fourth-order valence-corrected chi connectivity index (χ4v) is 4.41. The molecule has 2 aromatic rings. The number of aliphatic hydroxyl groups excluding tert-OH is 1. The number of anilines is 2. The number of urea groups is 1. The molecule has 9 heteroatoms. The Morgan fingerprint density at radius 2 is 1.86 bits per heavy atom. The lowest BCUT2D eigenvalue weighted by Gasteiger charge is -2.34. The van der Waals surface area contributed by atoms with Crippen LogP contribution < -0.4 is 15.4 Å². The highest BCUT2D eigenvalue weighted by atomic mass is 16.5. The molecule has 0 radical (unpaired) electrons. The van der Waals surface area contributed by atoms with Crippen molar-refractivity contribution in [3.63, 3.8) is 0 Å². The summed E-state index contributed by atoms with van der Waals surface area (Å²) < 4.78 is 6.45. The molecule has 0 aromatic heterocycles. The molecule has 4 amide bonds. The number of hydrogen-bond donors (Lipinski definition) is 3. The Balaban J connectivity index is 1.57. The fraction of sp³-hybridized carbons (Fsp3) is 0.464. The average Bonchev–Trinajstić information content (AvgIpc) is 3.73. The van der Waals surface area contributed by atoms with Gasteiger partial charge < -0.3 is 30.3 Å². The van der Waals surface area contributed by atoms with E-state index in [1.807, 2.05) is 44.2 Å². The highest BCUT2D eigenvalue weighted by Crippen LogP contribution is 2.32. The fourth-order valence-electron chi connectivity index (χ4n) is 4.41. The van der Waals surface area contributed by atoms with Crippen molar-refractivity contribution in [2.75, 3.05) is 37.4 Å². The normalized spacial score (nSPS) is 20.4. The van der Waals surface area contributed by atoms with Gasteiger partial charge >= 0.3 is 6.03 Å². The third-order valence-electron chi connectivity index (χ3n) is 6.96. The lowest BCUT2D eigenvalue weighted by molar-refractivity contribution is -0.134. The minimum atomic E-state index is -0.420. The lowest BCUT2D eigenvalue weighted by atomic mass is 10.0. The molecule has 1 fully saturated rings. The third-order valence-corrected chi connectivity index (χ3v) is 6.96. The van der Waals surface area contributed by atoms with Crippen LogP contribution in [0.1, 0.15) is 32.3 Å². The molecule has 2 aromatic carbocycles. The van der Waals surface area contributed by atoms with Crippen molar-refractivity contribution in [3.05, 3.63) is 54.1 Å². The summed E-state index contributed by atoms with van der Waals surface area (Å²) in [5, 5.41) is 15.6. The maximum atomic E-state index is 13.3. The van der Waals surface area contributed by atoms with Gasteiger partial charge in [-0.2, -0.15) is 0 Å². The summed E-state index contributed by atoms with van der Waals surface area (Å²) in [5.74, 6) is 0.338. The van der Waals surface area contributed by atoms with Crippen LogP contribution in [0.5, 0.6) is 5.75 Å². The molecular formula is C28H36N4O5. The van der Waals surface area contributed by atoms with E-state index in [0.717, 1.165) is 12.8 Å². The summed E-state index contributed by atoms with van der Waals surface area (Å²) in [6.45, 7) is 4.29. The number of aliphatic hydroxyl groups is 1. The Hall–Kier alpha value is -3.59. The Bertz CT molecular complexity index is 1120. The number of benzene rings is 2. The third kappa shape index (κ3) is 6.80. The second-order valence-electron chi connectivity index (χ2n) is 10.2. The van der Waals surface area contributed by atoms with Crippen molar-refractivity contribution >= 4 is 29.2 Å². The van der Waals surface area contributed by atoms with Crippen LogP contribution in [0.25, 0.3) is 0 Å². The van der Waals surface area contributed by atoms with Crippen molar-refractivity contribution in [1.29, 1.82) is 0 Å². The van der Waals surface area contributed by atoms with Crippen LogP contribution >= 0.6 is 0 Å².